The van der Waals surface area contributed by atoms with E-state index < -0.39 is 0 Å². The van der Waals surface area contributed by atoms with Crippen molar-refractivity contribution in [2.24, 2.45) is 0 Å². The zero-order valence-electron chi connectivity index (χ0n) is 13.2. The fourth-order valence-electron chi connectivity index (χ4n) is 2.48. The summed E-state index contributed by atoms with van der Waals surface area (Å²) in [5.74, 6) is -0.0426. The fourth-order valence-corrected chi connectivity index (χ4v) is 2.48. The molecule has 2 N–H and O–H groups in total. The highest BCUT2D eigenvalue weighted by atomic mass is 16.2. The Kier molecular flexibility index (Phi) is 4.52. The van der Waals surface area contributed by atoms with Gasteiger partial charge in [0.25, 0.3) is 0 Å². The number of ketones is 1. The molecule has 2 aromatic carbocycles. The van der Waals surface area contributed by atoms with Crippen molar-refractivity contribution in [1.82, 2.24) is 10.3 Å². The molecule has 0 saturated heterocycles. The van der Waals surface area contributed by atoms with Crippen molar-refractivity contribution in [2.75, 3.05) is 5.32 Å². The third kappa shape index (κ3) is 3.57. The standard InChI is InChI=1S/C19H17N3O2/c1-13(23)15-6-4-7-16(11-15)22-19(24)21-12-18-17-8-3-2-5-14(17)9-10-20-18/h2-11H,12H2,1H3,(H2,21,22,24). The monoisotopic (exact) mass is 319 g/mol. The Balaban J connectivity index is 1.67. The van der Waals surface area contributed by atoms with Crippen LogP contribution in [-0.4, -0.2) is 16.8 Å². The maximum absolute atomic E-state index is 12.1. The number of carbonyl (C=O) groups excluding carboxylic acids is 2. The van der Waals surface area contributed by atoms with Gasteiger partial charge in [0, 0.05) is 22.8 Å². The number of benzene rings is 2. The van der Waals surface area contributed by atoms with Gasteiger partial charge in [-0.1, -0.05) is 36.4 Å². The van der Waals surface area contributed by atoms with Crippen molar-refractivity contribution < 1.29 is 9.59 Å². The number of anilines is 1. The van der Waals surface area contributed by atoms with E-state index in [-0.39, 0.29) is 11.8 Å². The zero-order chi connectivity index (χ0) is 16.9. The average molecular weight is 319 g/mol. The molecule has 0 spiro atoms. The first-order valence-corrected chi connectivity index (χ1v) is 7.62. The number of nitrogens with zero attached hydrogens (tertiary/aromatic N) is 1. The molecule has 0 aliphatic rings. The van der Waals surface area contributed by atoms with Crippen LogP contribution in [0.3, 0.4) is 0 Å². The molecular formula is C19H17N3O2. The number of aromatic nitrogens is 1. The molecule has 0 atom stereocenters. The van der Waals surface area contributed by atoms with Crippen LogP contribution >= 0.6 is 0 Å². The highest BCUT2D eigenvalue weighted by molar-refractivity contribution is 5.96. The van der Waals surface area contributed by atoms with Crippen LogP contribution in [0, 0.1) is 0 Å². The van der Waals surface area contributed by atoms with E-state index in [4.69, 9.17) is 0 Å². The van der Waals surface area contributed by atoms with Gasteiger partial charge in [-0.05, 0) is 30.5 Å². The largest absolute Gasteiger partial charge is 0.332 e. The van der Waals surface area contributed by atoms with Crippen molar-refractivity contribution >= 4 is 28.3 Å². The summed E-state index contributed by atoms with van der Waals surface area (Å²) < 4.78 is 0. The van der Waals surface area contributed by atoms with E-state index in [0.717, 1.165) is 16.5 Å². The first kappa shape index (κ1) is 15.7. The second-order valence-corrected chi connectivity index (χ2v) is 5.42. The average Bonchev–Trinajstić information content (AvgIpc) is 2.60. The first-order chi connectivity index (χ1) is 11.6. The molecule has 120 valence electrons. The second kappa shape index (κ2) is 6.91. The van der Waals surface area contributed by atoms with Gasteiger partial charge in [0.1, 0.15) is 0 Å². The number of Topliss-reactive ketones (excluding diaryl/α,β-unsaturated/α-hetero) is 1. The molecule has 0 aliphatic heterocycles. The van der Waals surface area contributed by atoms with Crippen LogP contribution in [0.5, 0.6) is 0 Å². The van der Waals surface area contributed by atoms with E-state index in [9.17, 15) is 9.59 Å². The number of nitrogens with one attached hydrogen (secondary N) is 2. The molecule has 1 aromatic heterocycles. The van der Waals surface area contributed by atoms with Gasteiger partial charge in [0.05, 0.1) is 12.2 Å². The summed E-state index contributed by atoms with van der Waals surface area (Å²) >= 11 is 0. The van der Waals surface area contributed by atoms with Gasteiger partial charge in [0.15, 0.2) is 5.78 Å². The van der Waals surface area contributed by atoms with Crippen molar-refractivity contribution in [3.63, 3.8) is 0 Å². The summed E-state index contributed by atoms with van der Waals surface area (Å²) in [6.45, 7) is 1.81. The number of hydrogen-bond acceptors (Lipinski definition) is 3. The summed E-state index contributed by atoms with van der Waals surface area (Å²) in [7, 11) is 0. The lowest BCUT2D eigenvalue weighted by molar-refractivity contribution is 0.101. The van der Waals surface area contributed by atoms with Gasteiger partial charge in [-0.25, -0.2) is 4.79 Å². The van der Waals surface area contributed by atoms with Crippen molar-refractivity contribution in [1.29, 1.82) is 0 Å². The molecule has 5 heteroatoms. The minimum absolute atomic E-state index is 0.0426. The van der Waals surface area contributed by atoms with E-state index in [2.05, 4.69) is 15.6 Å². The minimum atomic E-state index is -0.342. The summed E-state index contributed by atoms with van der Waals surface area (Å²) in [6.07, 6.45) is 1.73. The molecule has 3 aromatic rings. The number of rotatable bonds is 4. The molecular weight excluding hydrogens is 302 g/mol. The Morgan fingerprint density at radius 3 is 2.71 bits per heavy atom. The van der Waals surface area contributed by atoms with E-state index >= 15 is 0 Å². The van der Waals surface area contributed by atoms with Crippen molar-refractivity contribution in [3.05, 3.63) is 72.1 Å². The third-order valence-corrected chi connectivity index (χ3v) is 3.70. The molecule has 0 fully saturated rings. The van der Waals surface area contributed by atoms with Gasteiger partial charge < -0.3 is 10.6 Å². The second-order valence-electron chi connectivity index (χ2n) is 5.42. The van der Waals surface area contributed by atoms with Crippen LogP contribution in [-0.2, 0) is 6.54 Å². The predicted molar refractivity (Wildman–Crippen MR) is 94.0 cm³/mol. The van der Waals surface area contributed by atoms with E-state index in [0.29, 0.717) is 17.8 Å². The summed E-state index contributed by atoms with van der Waals surface area (Å²) in [4.78, 5) is 27.8. The lowest BCUT2D eigenvalue weighted by Gasteiger charge is -2.09. The number of amides is 2. The molecule has 5 nitrogen and oxygen atoms in total. The Morgan fingerprint density at radius 2 is 1.88 bits per heavy atom. The smallest absolute Gasteiger partial charge is 0.319 e. The van der Waals surface area contributed by atoms with Crippen LogP contribution in [0.25, 0.3) is 10.8 Å². The van der Waals surface area contributed by atoms with Gasteiger partial charge in [-0.2, -0.15) is 0 Å². The van der Waals surface area contributed by atoms with Gasteiger partial charge in [0.2, 0.25) is 0 Å². The first-order valence-electron chi connectivity index (χ1n) is 7.62. The molecule has 2 amide bonds. The van der Waals surface area contributed by atoms with Crippen molar-refractivity contribution in [2.45, 2.75) is 13.5 Å². The summed E-state index contributed by atoms with van der Waals surface area (Å²) in [5.41, 5.74) is 1.94. The van der Waals surface area contributed by atoms with Crippen LogP contribution in [0.15, 0.2) is 60.8 Å². The quantitative estimate of drug-likeness (QED) is 0.719. The van der Waals surface area contributed by atoms with E-state index in [1.54, 1.807) is 30.5 Å². The predicted octanol–water partition coefficient (Wildman–Crippen LogP) is 3.76. The topological polar surface area (TPSA) is 71.1 Å². The van der Waals surface area contributed by atoms with Crippen LogP contribution < -0.4 is 10.6 Å². The molecule has 24 heavy (non-hydrogen) atoms. The lowest BCUT2D eigenvalue weighted by Crippen LogP contribution is -2.28. The Morgan fingerprint density at radius 1 is 1.04 bits per heavy atom. The molecule has 1 heterocycles. The van der Waals surface area contributed by atoms with Crippen molar-refractivity contribution in [3.8, 4) is 0 Å². The molecule has 0 saturated carbocycles. The van der Waals surface area contributed by atoms with Crippen LogP contribution in [0.4, 0.5) is 10.5 Å². The highest BCUT2D eigenvalue weighted by Crippen LogP contribution is 2.16. The number of carbonyl (C=O) groups is 2. The summed E-state index contributed by atoms with van der Waals surface area (Å²) in [5, 5.41) is 7.61. The van der Waals surface area contributed by atoms with Gasteiger partial charge >= 0.3 is 6.03 Å². The number of pyridine rings is 1. The fraction of sp³-hybridized carbons (Fsp3) is 0.105. The lowest BCUT2D eigenvalue weighted by atomic mass is 10.1. The van der Waals surface area contributed by atoms with E-state index in [1.807, 2.05) is 30.3 Å². The molecule has 0 aliphatic carbocycles. The molecule has 0 unspecified atom stereocenters. The molecule has 3 rings (SSSR count). The highest BCUT2D eigenvalue weighted by Gasteiger charge is 2.06. The van der Waals surface area contributed by atoms with Gasteiger partial charge in [-0.15, -0.1) is 0 Å². The Bertz CT molecular complexity index is 901. The third-order valence-electron chi connectivity index (χ3n) is 3.70. The molecule has 0 bridgehead atoms. The number of fused-ring (bicyclic) bond motifs is 1. The minimum Gasteiger partial charge on any atom is -0.332 e. The Hall–Kier alpha value is -3.21. The van der Waals surface area contributed by atoms with Crippen LogP contribution in [0.2, 0.25) is 0 Å². The Labute approximate surface area is 139 Å². The van der Waals surface area contributed by atoms with Crippen LogP contribution in [0.1, 0.15) is 23.0 Å². The normalized spacial score (nSPS) is 10.4. The van der Waals surface area contributed by atoms with Gasteiger partial charge in [-0.3, -0.25) is 9.78 Å². The van der Waals surface area contributed by atoms with E-state index in [1.165, 1.54) is 6.92 Å². The summed E-state index contributed by atoms with van der Waals surface area (Å²) in [6, 6.07) is 16.3. The maximum Gasteiger partial charge on any atom is 0.319 e. The number of hydrogen-bond donors (Lipinski definition) is 2. The zero-order valence-corrected chi connectivity index (χ0v) is 13.2. The molecule has 0 radical (unpaired) electrons. The maximum atomic E-state index is 12.1. The SMILES string of the molecule is CC(=O)c1cccc(NC(=O)NCc2nccc3ccccc23)c1. The number of urea groups is 1.